The molecule has 0 aliphatic rings. The van der Waals surface area contributed by atoms with Crippen molar-refractivity contribution in [1.29, 1.82) is 0 Å². The first-order valence-electron chi connectivity index (χ1n) is 16.4. The van der Waals surface area contributed by atoms with Crippen LogP contribution in [0.15, 0.2) is 11.4 Å². The van der Waals surface area contributed by atoms with Crippen LogP contribution in [0.3, 0.4) is 0 Å². The van der Waals surface area contributed by atoms with Gasteiger partial charge in [0, 0.05) is 4.88 Å². The maximum Gasteiger partial charge on any atom is 0.00772 e. The molecule has 0 aromatic carbocycles. The zero-order chi connectivity index (χ0) is 25.1. The Morgan fingerprint density at radius 2 is 0.714 bits per heavy atom. The number of thiophene rings is 1. The molecule has 0 spiro atoms. The van der Waals surface area contributed by atoms with E-state index in [2.05, 4.69) is 25.3 Å². The fraction of sp³-hybridized carbons (Fsp3) is 0.882. The van der Waals surface area contributed by atoms with E-state index in [0.29, 0.717) is 0 Å². The van der Waals surface area contributed by atoms with Crippen LogP contribution in [0.5, 0.6) is 0 Å². The summed E-state index contributed by atoms with van der Waals surface area (Å²) in [6.45, 7) is 4.61. The highest BCUT2D eigenvalue weighted by Gasteiger charge is 2.04. The molecule has 0 nitrogen and oxygen atoms in total. The van der Waals surface area contributed by atoms with Gasteiger partial charge in [0.05, 0.1) is 0 Å². The molecule has 0 fully saturated rings. The lowest BCUT2D eigenvalue weighted by molar-refractivity contribution is 0.538. The molecule has 0 unspecified atom stereocenters. The minimum atomic E-state index is 1.33. The standard InChI is InChI=1S/C34H64S/c1-3-5-7-9-11-13-15-17-19-21-23-25-27-29-33-31-32-35-34(33)30-28-26-24-22-20-18-16-14-12-10-8-6-4-2/h31-32H,3-30H2,1-2H3. The summed E-state index contributed by atoms with van der Waals surface area (Å²) in [5, 5.41) is 2.34. The Hall–Kier alpha value is -0.300. The predicted molar refractivity (Wildman–Crippen MR) is 163 cm³/mol. The van der Waals surface area contributed by atoms with Gasteiger partial charge in [0.2, 0.25) is 0 Å². The van der Waals surface area contributed by atoms with E-state index in [4.69, 9.17) is 0 Å². The molecule has 0 saturated carbocycles. The van der Waals surface area contributed by atoms with Gasteiger partial charge < -0.3 is 0 Å². The van der Waals surface area contributed by atoms with E-state index in [0.717, 1.165) is 0 Å². The topological polar surface area (TPSA) is 0 Å². The van der Waals surface area contributed by atoms with Crippen LogP contribution in [-0.4, -0.2) is 0 Å². The van der Waals surface area contributed by atoms with E-state index in [-0.39, 0.29) is 0 Å². The Kier molecular flexibility index (Phi) is 25.0. The van der Waals surface area contributed by atoms with Gasteiger partial charge >= 0.3 is 0 Å². The summed E-state index contributed by atoms with van der Waals surface area (Å²) < 4.78 is 0. The minimum absolute atomic E-state index is 1.33. The van der Waals surface area contributed by atoms with Gasteiger partial charge in [-0.2, -0.15) is 0 Å². The molecule has 1 heteroatoms. The van der Waals surface area contributed by atoms with Crippen molar-refractivity contribution < 1.29 is 0 Å². The van der Waals surface area contributed by atoms with Gasteiger partial charge in [-0.25, -0.2) is 0 Å². The minimum Gasteiger partial charge on any atom is -0.149 e. The van der Waals surface area contributed by atoms with Crippen LogP contribution in [0, 0.1) is 0 Å². The van der Waals surface area contributed by atoms with Crippen molar-refractivity contribution in [1.82, 2.24) is 0 Å². The van der Waals surface area contributed by atoms with Crippen LogP contribution >= 0.6 is 11.3 Å². The van der Waals surface area contributed by atoms with E-state index in [1.165, 1.54) is 180 Å². The number of unbranched alkanes of at least 4 members (excludes halogenated alkanes) is 24. The second-order valence-corrected chi connectivity index (χ2v) is 12.4. The molecule has 0 radical (unpaired) electrons. The average Bonchev–Trinajstić information content (AvgIpc) is 3.32. The summed E-state index contributed by atoms with van der Waals surface area (Å²) in [6, 6.07) is 2.42. The average molecular weight is 505 g/mol. The van der Waals surface area contributed by atoms with Crippen LogP contribution in [0.4, 0.5) is 0 Å². The summed E-state index contributed by atoms with van der Waals surface area (Å²) in [5.41, 5.74) is 1.68. The fourth-order valence-corrected chi connectivity index (χ4v) is 6.43. The monoisotopic (exact) mass is 504 g/mol. The van der Waals surface area contributed by atoms with E-state index in [1.54, 1.807) is 10.4 Å². The fourth-order valence-electron chi connectivity index (χ4n) is 5.45. The van der Waals surface area contributed by atoms with Gasteiger partial charge in [0.15, 0.2) is 0 Å². The molecule has 1 aromatic heterocycles. The smallest absolute Gasteiger partial charge is 0.00772 e. The van der Waals surface area contributed by atoms with Crippen molar-refractivity contribution in [3.05, 3.63) is 21.9 Å². The lowest BCUT2D eigenvalue weighted by Gasteiger charge is -2.06. The largest absolute Gasteiger partial charge is 0.149 e. The van der Waals surface area contributed by atoms with Crippen molar-refractivity contribution in [2.75, 3.05) is 0 Å². The normalized spacial score (nSPS) is 11.5. The van der Waals surface area contributed by atoms with Gasteiger partial charge in [-0.15, -0.1) is 11.3 Å². The molecule has 1 aromatic rings. The Morgan fingerprint density at radius 3 is 1.09 bits per heavy atom. The number of hydrogen-bond donors (Lipinski definition) is 0. The predicted octanol–water partition coefficient (Wildman–Crippen LogP) is 13.0. The van der Waals surface area contributed by atoms with Gasteiger partial charge in [-0.3, -0.25) is 0 Å². The van der Waals surface area contributed by atoms with E-state index < -0.39 is 0 Å². The molecule has 0 aliphatic carbocycles. The van der Waals surface area contributed by atoms with Crippen molar-refractivity contribution in [2.24, 2.45) is 0 Å². The third-order valence-corrected chi connectivity index (χ3v) is 8.92. The highest BCUT2D eigenvalue weighted by Crippen LogP contribution is 2.23. The Bertz CT molecular complexity index is 472. The van der Waals surface area contributed by atoms with Crippen molar-refractivity contribution in [2.45, 2.75) is 194 Å². The van der Waals surface area contributed by atoms with Crippen molar-refractivity contribution in [3.8, 4) is 0 Å². The molecule has 0 amide bonds. The first-order chi connectivity index (χ1) is 17.4. The summed E-state index contributed by atoms with van der Waals surface area (Å²) >= 11 is 2.02. The zero-order valence-corrected chi connectivity index (χ0v) is 25.2. The highest BCUT2D eigenvalue weighted by molar-refractivity contribution is 7.10. The molecule has 1 rings (SSSR count). The molecule has 0 N–H and O–H groups in total. The van der Waals surface area contributed by atoms with Crippen LogP contribution < -0.4 is 0 Å². The van der Waals surface area contributed by atoms with Gasteiger partial charge in [-0.05, 0) is 42.7 Å². The van der Waals surface area contributed by atoms with Crippen LogP contribution in [-0.2, 0) is 12.8 Å². The summed E-state index contributed by atoms with van der Waals surface area (Å²) in [6.07, 6.45) is 40.4. The zero-order valence-electron chi connectivity index (χ0n) is 24.4. The number of hydrogen-bond acceptors (Lipinski definition) is 1. The van der Waals surface area contributed by atoms with Gasteiger partial charge in [0.1, 0.15) is 0 Å². The Balaban J connectivity index is 1.87. The Morgan fingerprint density at radius 1 is 0.400 bits per heavy atom. The van der Waals surface area contributed by atoms with E-state index in [9.17, 15) is 0 Å². The molecule has 0 bridgehead atoms. The van der Waals surface area contributed by atoms with Crippen molar-refractivity contribution in [3.63, 3.8) is 0 Å². The van der Waals surface area contributed by atoms with Gasteiger partial charge in [0.25, 0.3) is 0 Å². The third kappa shape index (κ3) is 21.5. The summed E-state index contributed by atoms with van der Waals surface area (Å²) in [4.78, 5) is 1.70. The molecule has 0 atom stereocenters. The van der Waals surface area contributed by atoms with Crippen LogP contribution in [0.2, 0.25) is 0 Å². The molecule has 1 heterocycles. The summed E-state index contributed by atoms with van der Waals surface area (Å²) in [7, 11) is 0. The third-order valence-electron chi connectivity index (χ3n) is 7.89. The molecule has 0 aliphatic heterocycles. The number of rotatable bonds is 28. The molecule has 35 heavy (non-hydrogen) atoms. The quantitative estimate of drug-likeness (QED) is 0.0995. The maximum absolute atomic E-state index is 2.42. The first kappa shape index (κ1) is 32.7. The molecular weight excluding hydrogens is 440 g/mol. The van der Waals surface area contributed by atoms with E-state index in [1.807, 2.05) is 11.3 Å². The number of aryl methyl sites for hydroxylation is 2. The van der Waals surface area contributed by atoms with Gasteiger partial charge in [-0.1, -0.05) is 168 Å². The highest BCUT2D eigenvalue weighted by atomic mass is 32.1. The molecule has 0 saturated heterocycles. The SMILES string of the molecule is CCCCCCCCCCCCCCCc1ccsc1CCCCCCCCCCCCCCC. The van der Waals surface area contributed by atoms with E-state index >= 15 is 0 Å². The maximum atomic E-state index is 2.42. The lowest BCUT2D eigenvalue weighted by atomic mass is 10.0. The van der Waals surface area contributed by atoms with Crippen LogP contribution in [0.1, 0.15) is 191 Å². The second kappa shape index (κ2) is 26.8. The van der Waals surface area contributed by atoms with Crippen LogP contribution in [0.25, 0.3) is 0 Å². The first-order valence-corrected chi connectivity index (χ1v) is 17.3. The van der Waals surface area contributed by atoms with Crippen molar-refractivity contribution >= 4 is 11.3 Å². The lowest BCUT2D eigenvalue weighted by Crippen LogP contribution is -1.91. The molecule has 206 valence electrons. The Labute approximate surface area is 226 Å². The summed E-state index contributed by atoms with van der Waals surface area (Å²) in [5.74, 6) is 0. The molecular formula is C34H64S. The second-order valence-electron chi connectivity index (χ2n) is 11.4.